The molecule has 1 unspecified atom stereocenters. The monoisotopic (exact) mass is 544 g/mol. The normalized spacial score (nSPS) is 14.1. The van der Waals surface area contributed by atoms with Crippen LogP contribution in [0.3, 0.4) is 0 Å². The van der Waals surface area contributed by atoms with Crippen molar-refractivity contribution in [1.29, 1.82) is 0 Å². The third-order valence-electron chi connectivity index (χ3n) is 8.19. The van der Waals surface area contributed by atoms with Crippen LogP contribution in [0.1, 0.15) is 65.8 Å². The van der Waals surface area contributed by atoms with Gasteiger partial charge in [0, 0.05) is 31.3 Å². The molecular weight excluding hydrogens is 504 g/mol. The molecule has 4 heteroatoms. The van der Waals surface area contributed by atoms with Gasteiger partial charge in [0.2, 0.25) is 11.8 Å². The molecule has 2 amide bonds. The van der Waals surface area contributed by atoms with Crippen molar-refractivity contribution in [1.82, 2.24) is 10.2 Å². The second kappa shape index (κ2) is 13.9. The summed E-state index contributed by atoms with van der Waals surface area (Å²) >= 11 is 0. The summed E-state index contributed by atoms with van der Waals surface area (Å²) in [4.78, 5) is 30.4. The van der Waals surface area contributed by atoms with Crippen LogP contribution in [0.2, 0.25) is 0 Å². The van der Waals surface area contributed by atoms with Crippen molar-refractivity contribution in [3.05, 3.63) is 143 Å². The first kappa shape index (κ1) is 28.4. The number of nitrogens with one attached hydrogen (secondary N) is 1. The van der Waals surface area contributed by atoms with Crippen LogP contribution in [0, 0.1) is 6.92 Å². The topological polar surface area (TPSA) is 49.4 Å². The van der Waals surface area contributed by atoms with Gasteiger partial charge in [-0.05, 0) is 42.0 Å². The Morgan fingerprint density at radius 1 is 0.756 bits per heavy atom. The largest absolute Gasteiger partial charge is 0.352 e. The van der Waals surface area contributed by atoms with E-state index in [2.05, 4.69) is 48.6 Å². The molecule has 0 saturated heterocycles. The van der Waals surface area contributed by atoms with Gasteiger partial charge in [-0.2, -0.15) is 0 Å². The van der Waals surface area contributed by atoms with Crippen LogP contribution in [0.4, 0.5) is 0 Å². The average molecular weight is 545 g/mol. The standard InChI is InChI=1S/C37H40N2O2/c1-28-14-13-17-30(24-28)27-39(35(25-29-15-5-2-6-16-29)37(41)38-33-22-11-12-23-33)36(40)26-34(31-18-7-3-8-19-31)32-20-9-4-10-21-32/h2-10,13-21,24,33-35H,11-12,22-23,25-27H2,1H3,(H,38,41). The number of aryl methyl sites for hydroxylation is 1. The quantitative estimate of drug-likeness (QED) is 0.217. The van der Waals surface area contributed by atoms with Crippen LogP contribution in [0.5, 0.6) is 0 Å². The molecule has 4 nitrogen and oxygen atoms in total. The van der Waals surface area contributed by atoms with Crippen molar-refractivity contribution < 1.29 is 9.59 Å². The van der Waals surface area contributed by atoms with Gasteiger partial charge in [-0.1, -0.05) is 134 Å². The Morgan fingerprint density at radius 2 is 1.32 bits per heavy atom. The second-order valence-corrected chi connectivity index (χ2v) is 11.3. The molecule has 0 aliphatic heterocycles. The van der Waals surface area contributed by atoms with Gasteiger partial charge in [0.1, 0.15) is 6.04 Å². The lowest BCUT2D eigenvalue weighted by molar-refractivity contribution is -0.141. The Balaban J connectivity index is 1.51. The van der Waals surface area contributed by atoms with E-state index < -0.39 is 6.04 Å². The molecule has 1 saturated carbocycles. The molecule has 4 aromatic rings. The summed E-state index contributed by atoms with van der Waals surface area (Å²) in [6.45, 7) is 2.44. The molecule has 1 fully saturated rings. The third-order valence-corrected chi connectivity index (χ3v) is 8.19. The lowest BCUT2D eigenvalue weighted by Crippen LogP contribution is -2.52. The first-order chi connectivity index (χ1) is 20.1. The predicted octanol–water partition coefficient (Wildman–Crippen LogP) is 7.22. The van der Waals surface area contributed by atoms with Crippen LogP contribution in [0.15, 0.2) is 115 Å². The zero-order valence-electron chi connectivity index (χ0n) is 23.9. The molecule has 0 radical (unpaired) electrons. The van der Waals surface area contributed by atoms with E-state index >= 15 is 0 Å². The molecule has 1 aliphatic rings. The lowest BCUT2D eigenvalue weighted by atomic mass is 9.87. The van der Waals surface area contributed by atoms with Gasteiger partial charge in [0.05, 0.1) is 0 Å². The van der Waals surface area contributed by atoms with Gasteiger partial charge < -0.3 is 10.2 Å². The highest BCUT2D eigenvalue weighted by Crippen LogP contribution is 2.30. The van der Waals surface area contributed by atoms with Crippen LogP contribution >= 0.6 is 0 Å². The van der Waals surface area contributed by atoms with Crippen LogP contribution in [-0.4, -0.2) is 28.8 Å². The average Bonchev–Trinajstić information content (AvgIpc) is 3.52. The zero-order chi connectivity index (χ0) is 28.4. The van der Waals surface area contributed by atoms with Gasteiger partial charge in [-0.15, -0.1) is 0 Å². The first-order valence-corrected chi connectivity index (χ1v) is 14.9. The maximum atomic E-state index is 14.5. The smallest absolute Gasteiger partial charge is 0.243 e. The Hall–Kier alpha value is -4.18. The number of amides is 2. The summed E-state index contributed by atoms with van der Waals surface area (Å²) in [5.41, 5.74) is 5.40. The Kier molecular flexibility index (Phi) is 9.64. The number of hydrogen-bond donors (Lipinski definition) is 1. The minimum absolute atomic E-state index is 0.0216. The molecule has 4 aromatic carbocycles. The maximum absolute atomic E-state index is 14.5. The van der Waals surface area contributed by atoms with Crippen molar-refractivity contribution in [2.75, 3.05) is 0 Å². The maximum Gasteiger partial charge on any atom is 0.243 e. The van der Waals surface area contributed by atoms with Crippen LogP contribution < -0.4 is 5.32 Å². The number of rotatable bonds is 11. The molecule has 1 N–H and O–H groups in total. The van der Waals surface area contributed by atoms with E-state index in [0.717, 1.165) is 53.5 Å². The fourth-order valence-electron chi connectivity index (χ4n) is 6.02. The molecule has 210 valence electrons. The highest BCUT2D eigenvalue weighted by Gasteiger charge is 2.33. The summed E-state index contributed by atoms with van der Waals surface area (Å²) < 4.78 is 0. The van der Waals surface area contributed by atoms with E-state index in [1.165, 1.54) is 0 Å². The first-order valence-electron chi connectivity index (χ1n) is 14.9. The summed E-state index contributed by atoms with van der Waals surface area (Å²) in [6.07, 6.45) is 5.02. The van der Waals surface area contributed by atoms with Gasteiger partial charge >= 0.3 is 0 Å². The summed E-state index contributed by atoms with van der Waals surface area (Å²) in [5.74, 6) is -0.190. The minimum atomic E-state index is -0.613. The number of benzene rings is 4. The lowest BCUT2D eigenvalue weighted by Gasteiger charge is -2.33. The molecule has 41 heavy (non-hydrogen) atoms. The third kappa shape index (κ3) is 7.73. The van der Waals surface area contributed by atoms with E-state index in [1.54, 1.807) is 0 Å². The molecule has 1 aliphatic carbocycles. The van der Waals surface area contributed by atoms with Crippen molar-refractivity contribution in [2.45, 2.75) is 70.0 Å². The van der Waals surface area contributed by atoms with Crippen molar-refractivity contribution in [3.8, 4) is 0 Å². The van der Waals surface area contributed by atoms with Crippen molar-refractivity contribution in [2.24, 2.45) is 0 Å². The number of carbonyl (C=O) groups excluding carboxylic acids is 2. The number of nitrogens with zero attached hydrogens (tertiary/aromatic N) is 1. The molecule has 0 spiro atoms. The van der Waals surface area contributed by atoms with E-state index in [9.17, 15) is 9.59 Å². The van der Waals surface area contributed by atoms with E-state index in [1.807, 2.05) is 83.8 Å². The molecule has 5 rings (SSSR count). The van der Waals surface area contributed by atoms with Crippen molar-refractivity contribution in [3.63, 3.8) is 0 Å². The number of hydrogen-bond acceptors (Lipinski definition) is 2. The molecule has 0 heterocycles. The Morgan fingerprint density at radius 3 is 1.90 bits per heavy atom. The molecule has 0 bridgehead atoms. The highest BCUT2D eigenvalue weighted by molar-refractivity contribution is 5.88. The number of carbonyl (C=O) groups is 2. The Bertz CT molecular complexity index is 1360. The fraction of sp³-hybridized carbons (Fsp3) is 0.297. The van der Waals surface area contributed by atoms with Gasteiger partial charge in [-0.25, -0.2) is 0 Å². The minimum Gasteiger partial charge on any atom is -0.352 e. The molecule has 0 aromatic heterocycles. The van der Waals surface area contributed by atoms with Crippen LogP contribution in [-0.2, 0) is 22.6 Å². The van der Waals surface area contributed by atoms with E-state index in [0.29, 0.717) is 13.0 Å². The van der Waals surface area contributed by atoms with Gasteiger partial charge in [0.15, 0.2) is 0 Å². The highest BCUT2D eigenvalue weighted by atomic mass is 16.2. The zero-order valence-corrected chi connectivity index (χ0v) is 23.9. The van der Waals surface area contributed by atoms with E-state index in [-0.39, 0.29) is 30.2 Å². The molecular formula is C37H40N2O2. The van der Waals surface area contributed by atoms with Gasteiger partial charge in [-0.3, -0.25) is 9.59 Å². The van der Waals surface area contributed by atoms with Gasteiger partial charge in [0.25, 0.3) is 0 Å². The summed E-state index contributed by atoms with van der Waals surface area (Å²) in [5, 5.41) is 3.32. The van der Waals surface area contributed by atoms with Crippen molar-refractivity contribution >= 4 is 11.8 Å². The predicted molar refractivity (Wildman–Crippen MR) is 165 cm³/mol. The Labute approximate surface area is 244 Å². The summed E-state index contributed by atoms with van der Waals surface area (Å²) in [7, 11) is 0. The van der Waals surface area contributed by atoms with Crippen LogP contribution in [0.25, 0.3) is 0 Å². The second-order valence-electron chi connectivity index (χ2n) is 11.3. The molecule has 1 atom stereocenters. The fourth-order valence-corrected chi connectivity index (χ4v) is 6.02. The SMILES string of the molecule is Cc1cccc(CN(C(=O)CC(c2ccccc2)c2ccccc2)C(Cc2ccccc2)C(=O)NC2CCCC2)c1. The summed E-state index contributed by atoms with van der Waals surface area (Å²) in [6, 6.07) is 38.3. The van der Waals surface area contributed by atoms with E-state index in [4.69, 9.17) is 0 Å².